The zero-order chi connectivity index (χ0) is 13.0. The third kappa shape index (κ3) is 3.34. The minimum atomic E-state index is 0.551. The average molecular weight is 311 g/mol. The molecule has 0 saturated carbocycles. The fourth-order valence-electron chi connectivity index (χ4n) is 2.77. The van der Waals surface area contributed by atoms with Crippen LogP contribution in [-0.2, 0) is 0 Å². The van der Waals surface area contributed by atoms with Crippen LogP contribution >= 0.6 is 15.9 Å². The molecule has 1 heterocycles. The standard InChI is InChI=1S/C15H23BrN2/c1-3-12(2)15(18-9-7-17-8-10-18)13-5-4-6-14(16)11-13/h4-6,11-12,15,17H,3,7-10H2,1-2H3/t12?,15-/m0/s1. The van der Waals surface area contributed by atoms with E-state index in [0.717, 1.165) is 26.2 Å². The van der Waals surface area contributed by atoms with E-state index in [2.05, 4.69) is 64.3 Å². The van der Waals surface area contributed by atoms with Crippen molar-refractivity contribution in [2.45, 2.75) is 26.3 Å². The largest absolute Gasteiger partial charge is 0.314 e. The van der Waals surface area contributed by atoms with Crippen LogP contribution in [0.3, 0.4) is 0 Å². The van der Waals surface area contributed by atoms with Crippen molar-refractivity contribution >= 4 is 15.9 Å². The summed E-state index contributed by atoms with van der Waals surface area (Å²) >= 11 is 3.59. The molecule has 1 saturated heterocycles. The number of nitrogens with zero attached hydrogens (tertiary/aromatic N) is 1. The van der Waals surface area contributed by atoms with Crippen molar-refractivity contribution in [3.05, 3.63) is 34.3 Å². The van der Waals surface area contributed by atoms with Gasteiger partial charge in [-0.1, -0.05) is 48.3 Å². The van der Waals surface area contributed by atoms with Gasteiger partial charge in [-0.15, -0.1) is 0 Å². The van der Waals surface area contributed by atoms with Crippen LogP contribution in [0.15, 0.2) is 28.7 Å². The van der Waals surface area contributed by atoms with Crippen LogP contribution in [0.1, 0.15) is 31.9 Å². The maximum atomic E-state index is 3.59. The molecule has 18 heavy (non-hydrogen) atoms. The van der Waals surface area contributed by atoms with E-state index in [1.807, 2.05) is 0 Å². The van der Waals surface area contributed by atoms with Crippen LogP contribution in [-0.4, -0.2) is 31.1 Å². The Hall–Kier alpha value is -0.380. The summed E-state index contributed by atoms with van der Waals surface area (Å²) in [4.78, 5) is 2.63. The fourth-order valence-corrected chi connectivity index (χ4v) is 3.19. The molecule has 1 aromatic carbocycles. The first kappa shape index (κ1) is 14.0. The van der Waals surface area contributed by atoms with E-state index in [-0.39, 0.29) is 0 Å². The zero-order valence-electron chi connectivity index (χ0n) is 11.3. The van der Waals surface area contributed by atoms with Gasteiger partial charge in [-0.3, -0.25) is 4.90 Å². The first-order chi connectivity index (χ1) is 8.72. The lowest BCUT2D eigenvalue weighted by molar-refractivity contribution is 0.128. The lowest BCUT2D eigenvalue weighted by Crippen LogP contribution is -2.46. The smallest absolute Gasteiger partial charge is 0.0375 e. The van der Waals surface area contributed by atoms with Crippen molar-refractivity contribution in [2.75, 3.05) is 26.2 Å². The molecule has 100 valence electrons. The Balaban J connectivity index is 2.23. The summed E-state index contributed by atoms with van der Waals surface area (Å²) in [5.41, 5.74) is 1.45. The molecule has 0 radical (unpaired) electrons. The van der Waals surface area contributed by atoms with Gasteiger partial charge < -0.3 is 5.32 Å². The SMILES string of the molecule is CCC(C)[C@@H](c1cccc(Br)c1)N1CCNCC1. The molecule has 1 aliphatic heterocycles. The molecule has 0 aromatic heterocycles. The Morgan fingerprint density at radius 1 is 1.33 bits per heavy atom. The van der Waals surface area contributed by atoms with Crippen molar-refractivity contribution in [3.63, 3.8) is 0 Å². The molecule has 3 heteroatoms. The van der Waals surface area contributed by atoms with Crippen LogP contribution in [0.25, 0.3) is 0 Å². The molecule has 0 spiro atoms. The molecular weight excluding hydrogens is 288 g/mol. The summed E-state index contributed by atoms with van der Waals surface area (Å²) in [6.07, 6.45) is 1.22. The summed E-state index contributed by atoms with van der Waals surface area (Å²) < 4.78 is 1.18. The second kappa shape index (κ2) is 6.69. The molecule has 1 fully saturated rings. The average Bonchev–Trinajstić information content (AvgIpc) is 2.40. The molecule has 1 aliphatic rings. The Kier molecular flexibility index (Phi) is 5.22. The molecule has 0 amide bonds. The van der Waals surface area contributed by atoms with Gasteiger partial charge in [0.2, 0.25) is 0 Å². The van der Waals surface area contributed by atoms with Gasteiger partial charge in [0.15, 0.2) is 0 Å². The van der Waals surface area contributed by atoms with Gasteiger partial charge in [-0.25, -0.2) is 0 Å². The van der Waals surface area contributed by atoms with E-state index in [0.29, 0.717) is 12.0 Å². The Morgan fingerprint density at radius 3 is 2.67 bits per heavy atom. The predicted octanol–water partition coefficient (Wildman–Crippen LogP) is 3.44. The molecule has 0 aliphatic carbocycles. The predicted molar refractivity (Wildman–Crippen MR) is 80.8 cm³/mol. The minimum absolute atomic E-state index is 0.551. The van der Waals surface area contributed by atoms with E-state index in [9.17, 15) is 0 Å². The quantitative estimate of drug-likeness (QED) is 0.916. The fraction of sp³-hybridized carbons (Fsp3) is 0.600. The van der Waals surface area contributed by atoms with Crippen LogP contribution < -0.4 is 5.32 Å². The summed E-state index contributed by atoms with van der Waals surface area (Å²) in [5.74, 6) is 0.692. The normalized spacial score (nSPS) is 20.6. The van der Waals surface area contributed by atoms with E-state index >= 15 is 0 Å². The van der Waals surface area contributed by atoms with E-state index in [1.54, 1.807) is 0 Å². The van der Waals surface area contributed by atoms with E-state index in [1.165, 1.54) is 16.5 Å². The van der Waals surface area contributed by atoms with Gasteiger partial charge in [0, 0.05) is 36.7 Å². The van der Waals surface area contributed by atoms with Gasteiger partial charge >= 0.3 is 0 Å². The zero-order valence-corrected chi connectivity index (χ0v) is 12.9. The van der Waals surface area contributed by atoms with Gasteiger partial charge in [0.05, 0.1) is 0 Å². The van der Waals surface area contributed by atoms with Crippen molar-refractivity contribution in [1.82, 2.24) is 10.2 Å². The van der Waals surface area contributed by atoms with Crippen molar-refractivity contribution in [3.8, 4) is 0 Å². The summed E-state index contributed by atoms with van der Waals surface area (Å²) in [5, 5.41) is 3.44. The number of rotatable bonds is 4. The highest BCUT2D eigenvalue weighted by atomic mass is 79.9. The van der Waals surface area contributed by atoms with Crippen LogP contribution in [0.5, 0.6) is 0 Å². The molecule has 1 N–H and O–H groups in total. The molecule has 2 atom stereocenters. The maximum absolute atomic E-state index is 3.59. The first-order valence-corrected chi connectivity index (χ1v) is 7.72. The maximum Gasteiger partial charge on any atom is 0.0375 e. The van der Waals surface area contributed by atoms with Gasteiger partial charge in [-0.05, 0) is 23.6 Å². The first-order valence-electron chi connectivity index (χ1n) is 6.92. The van der Waals surface area contributed by atoms with E-state index < -0.39 is 0 Å². The van der Waals surface area contributed by atoms with Crippen molar-refractivity contribution in [2.24, 2.45) is 5.92 Å². The number of halogens is 1. The number of hydrogen-bond donors (Lipinski definition) is 1. The molecular formula is C15H23BrN2. The molecule has 2 nitrogen and oxygen atoms in total. The van der Waals surface area contributed by atoms with Gasteiger partial charge in [-0.2, -0.15) is 0 Å². The van der Waals surface area contributed by atoms with Crippen LogP contribution in [0.2, 0.25) is 0 Å². The highest BCUT2D eigenvalue weighted by molar-refractivity contribution is 9.10. The summed E-state index contributed by atoms with van der Waals surface area (Å²) in [7, 11) is 0. The number of benzene rings is 1. The Bertz CT molecular complexity index is 375. The summed E-state index contributed by atoms with van der Waals surface area (Å²) in [6.45, 7) is 9.19. The second-order valence-corrected chi connectivity index (χ2v) is 6.09. The Morgan fingerprint density at radius 2 is 2.06 bits per heavy atom. The topological polar surface area (TPSA) is 15.3 Å². The van der Waals surface area contributed by atoms with Gasteiger partial charge in [0.1, 0.15) is 0 Å². The van der Waals surface area contributed by atoms with Crippen LogP contribution in [0, 0.1) is 5.92 Å². The molecule has 0 bridgehead atoms. The third-order valence-electron chi connectivity index (χ3n) is 3.92. The monoisotopic (exact) mass is 310 g/mol. The Labute approximate surface area is 119 Å². The van der Waals surface area contributed by atoms with Crippen LogP contribution in [0.4, 0.5) is 0 Å². The second-order valence-electron chi connectivity index (χ2n) is 5.17. The third-order valence-corrected chi connectivity index (χ3v) is 4.41. The molecule has 2 rings (SSSR count). The van der Waals surface area contributed by atoms with Gasteiger partial charge in [0.25, 0.3) is 0 Å². The van der Waals surface area contributed by atoms with Crippen molar-refractivity contribution < 1.29 is 0 Å². The molecule has 1 unspecified atom stereocenters. The molecule has 1 aromatic rings. The minimum Gasteiger partial charge on any atom is -0.314 e. The summed E-state index contributed by atoms with van der Waals surface area (Å²) in [6, 6.07) is 9.35. The highest BCUT2D eigenvalue weighted by Crippen LogP contribution is 2.32. The number of piperazine rings is 1. The number of nitrogens with one attached hydrogen (secondary N) is 1. The lowest BCUT2D eigenvalue weighted by Gasteiger charge is -2.38. The number of hydrogen-bond acceptors (Lipinski definition) is 2. The lowest BCUT2D eigenvalue weighted by atomic mass is 9.90. The van der Waals surface area contributed by atoms with E-state index in [4.69, 9.17) is 0 Å². The van der Waals surface area contributed by atoms with Crippen molar-refractivity contribution in [1.29, 1.82) is 0 Å². The highest BCUT2D eigenvalue weighted by Gasteiger charge is 2.26.